The number of anilines is 6. The Morgan fingerprint density at radius 1 is 0.548 bits per heavy atom. The fourth-order valence-electron chi connectivity index (χ4n) is 9.84. The molecule has 6 aliphatic heterocycles. The molecule has 5 amide bonds. The largest absolute Gasteiger partial charge is 0.442 e. The van der Waals surface area contributed by atoms with Crippen LogP contribution < -0.4 is 34.9 Å². The molecule has 0 bridgehead atoms. The van der Waals surface area contributed by atoms with Crippen molar-refractivity contribution in [2.24, 2.45) is 17.8 Å². The topological polar surface area (TPSA) is 245 Å². The molecule has 3 atom stereocenters. The third-order valence-electron chi connectivity index (χ3n) is 14.0. The van der Waals surface area contributed by atoms with Crippen LogP contribution >= 0.6 is 0 Å². The third kappa shape index (κ3) is 17.9. The molecule has 3 N–H and O–H groups in total. The van der Waals surface area contributed by atoms with E-state index in [2.05, 4.69) is 0 Å². The van der Waals surface area contributed by atoms with Crippen molar-refractivity contribution in [2.45, 2.75) is 79.1 Å². The monoisotopic (exact) mass is 1190 g/mol. The van der Waals surface area contributed by atoms with Crippen molar-refractivity contribution in [1.82, 2.24) is 15.6 Å². The molecule has 0 spiro atoms. The molecule has 24 nitrogen and oxygen atoms in total. The molecule has 6 fully saturated rings. The van der Waals surface area contributed by atoms with E-state index in [9.17, 15) is 47.1 Å². The number of hydrogen-bond acceptors (Lipinski definition) is 19. The van der Waals surface area contributed by atoms with Crippen LogP contribution in [0.1, 0.15) is 60.8 Å². The highest BCUT2D eigenvalue weighted by Gasteiger charge is 2.38. The summed E-state index contributed by atoms with van der Waals surface area (Å²) in [5, 5.41) is 20.1. The summed E-state index contributed by atoms with van der Waals surface area (Å²) in [6.45, 7) is 18.7. The maximum Gasteiger partial charge on any atom is 0.414 e. The van der Waals surface area contributed by atoms with Crippen molar-refractivity contribution < 1.29 is 85.6 Å². The van der Waals surface area contributed by atoms with Gasteiger partial charge in [0.1, 0.15) is 35.8 Å². The van der Waals surface area contributed by atoms with E-state index in [4.69, 9.17) is 38.5 Å². The number of amides is 5. The number of cyclic esters (lactones) is 3. The number of ether oxygens (including phenoxy) is 6. The van der Waals surface area contributed by atoms with E-state index in [-0.39, 0.29) is 88.0 Å². The number of carbonyl (C=O) groups is 6. The zero-order chi connectivity index (χ0) is 60.6. The number of carbonyl (C=O) groups excluding carboxylic acids is 6. The summed E-state index contributed by atoms with van der Waals surface area (Å²) < 4.78 is 75.3. The van der Waals surface area contributed by atoms with Gasteiger partial charge in [0.25, 0.3) is 5.91 Å². The summed E-state index contributed by atoms with van der Waals surface area (Å²) in [5.41, 5.74) is 4.58. The molecule has 0 aliphatic carbocycles. The van der Waals surface area contributed by atoms with Gasteiger partial charge in [-0.2, -0.15) is 5.06 Å². The van der Waals surface area contributed by atoms with Crippen LogP contribution in [0.5, 0.6) is 0 Å². The first-order valence-electron chi connectivity index (χ1n) is 28.4. The second kappa shape index (κ2) is 30.6. The van der Waals surface area contributed by atoms with Crippen LogP contribution in [0.3, 0.4) is 0 Å². The van der Waals surface area contributed by atoms with Crippen molar-refractivity contribution >= 4 is 70.2 Å². The highest BCUT2D eigenvalue weighted by Crippen LogP contribution is 2.32. The lowest BCUT2D eigenvalue weighted by molar-refractivity contribution is -0.202. The van der Waals surface area contributed by atoms with Crippen LogP contribution in [-0.2, 0) is 47.6 Å². The Kier molecular flexibility index (Phi) is 23.4. The van der Waals surface area contributed by atoms with Gasteiger partial charge in [0.15, 0.2) is 0 Å². The molecule has 3 aromatic carbocycles. The molecule has 462 valence electrons. The van der Waals surface area contributed by atoms with Crippen LogP contribution in [0, 0.1) is 35.2 Å². The number of hydroxylamine groups is 5. The van der Waals surface area contributed by atoms with Gasteiger partial charge in [-0.1, -0.05) is 41.5 Å². The summed E-state index contributed by atoms with van der Waals surface area (Å²) in [7, 11) is 0. The van der Waals surface area contributed by atoms with Gasteiger partial charge in [0.2, 0.25) is 5.91 Å². The van der Waals surface area contributed by atoms with Crippen LogP contribution in [-0.4, -0.2) is 193 Å². The summed E-state index contributed by atoms with van der Waals surface area (Å²) in [4.78, 5) is 88.2. The summed E-state index contributed by atoms with van der Waals surface area (Å²) in [5.74, 6) is -2.30. The van der Waals surface area contributed by atoms with Crippen molar-refractivity contribution in [3.63, 3.8) is 0 Å². The Morgan fingerprint density at radius 2 is 0.893 bits per heavy atom. The fraction of sp³-hybridized carbons (Fsp3) is 0.579. The van der Waals surface area contributed by atoms with Gasteiger partial charge >= 0.3 is 24.2 Å². The maximum atomic E-state index is 14.8. The molecular formula is C57H78F3N9O15. The van der Waals surface area contributed by atoms with Crippen LogP contribution in [0.2, 0.25) is 0 Å². The van der Waals surface area contributed by atoms with Gasteiger partial charge < -0.3 is 53.2 Å². The smallest absolute Gasteiger partial charge is 0.414 e. The normalized spacial score (nSPS) is 19.9. The third-order valence-corrected chi connectivity index (χ3v) is 14.0. The summed E-state index contributed by atoms with van der Waals surface area (Å²) in [6.07, 6.45) is -3.13. The minimum atomic E-state index is -0.725. The number of nitrogens with zero attached hydrogens (tertiary/aromatic N) is 8. The van der Waals surface area contributed by atoms with E-state index in [0.29, 0.717) is 118 Å². The van der Waals surface area contributed by atoms with Crippen LogP contribution in [0.25, 0.3) is 0 Å². The summed E-state index contributed by atoms with van der Waals surface area (Å²) in [6, 6.07) is 13.9. The van der Waals surface area contributed by atoms with Gasteiger partial charge in [0.05, 0.1) is 119 Å². The minimum absolute atomic E-state index is 0.0642. The SMILES string of the molecule is CC(C)CC(=O)N(O)C[C@H]1CN(c2ccc(N3CCOCC3)c(F)c2)C(=O)O1.CC(C)CC(=O)ON(C[C@H]1CN(c2ccc(N3CCOCC3)c(F)c2)C(=O)O1)C(=O)CC(C)C.O=C1O[C@@H](CNO)CN1c1ccc(N2CCOCC2)c(F)c1. The maximum absolute atomic E-state index is 14.8. The molecule has 0 aromatic heterocycles. The lowest BCUT2D eigenvalue weighted by Gasteiger charge is -2.29. The Bertz CT molecular complexity index is 2730. The predicted octanol–water partition coefficient (Wildman–Crippen LogP) is 6.58. The van der Waals surface area contributed by atoms with Crippen molar-refractivity contribution in [2.75, 3.05) is 148 Å². The number of rotatable bonds is 18. The molecule has 3 aromatic rings. The molecular weight excluding hydrogens is 1110 g/mol. The molecule has 84 heavy (non-hydrogen) atoms. The van der Waals surface area contributed by atoms with Gasteiger partial charge in [-0.05, 0) is 72.4 Å². The van der Waals surface area contributed by atoms with E-state index in [0.717, 1.165) is 5.06 Å². The zero-order valence-corrected chi connectivity index (χ0v) is 48.4. The number of halogens is 3. The second-order valence-electron chi connectivity index (χ2n) is 22.1. The van der Waals surface area contributed by atoms with Crippen molar-refractivity contribution in [1.29, 1.82) is 0 Å². The Labute approximate surface area is 486 Å². The van der Waals surface area contributed by atoms with Crippen molar-refractivity contribution in [3.05, 3.63) is 72.0 Å². The van der Waals surface area contributed by atoms with Crippen LogP contribution in [0.15, 0.2) is 54.6 Å². The summed E-state index contributed by atoms with van der Waals surface area (Å²) >= 11 is 0. The number of benzene rings is 3. The Morgan fingerprint density at radius 3 is 1.25 bits per heavy atom. The van der Waals surface area contributed by atoms with Gasteiger partial charge in [-0.15, -0.1) is 0 Å². The van der Waals surface area contributed by atoms with E-state index >= 15 is 0 Å². The minimum Gasteiger partial charge on any atom is -0.442 e. The highest BCUT2D eigenvalue weighted by atomic mass is 19.1. The molecule has 6 heterocycles. The van der Waals surface area contributed by atoms with E-state index in [1.54, 1.807) is 36.4 Å². The standard InChI is InChI=1S/C24H34FN3O6.C19H26FN3O5.C14H18FN3O4/c1-16(2)11-22(29)28(34-23(30)12-17(3)4)15-19-14-27(24(31)33-19)18-5-6-21(20(25)13-18)26-7-9-32-10-8-26;1-13(2)9-18(24)23(26)12-15-11-22(19(25)28-15)14-3-4-17(16(20)10-14)21-5-7-27-8-6-21;15-12-7-10(18-9-11(8-16-20)22-14(18)19)1-2-13(12)17-3-5-21-6-4-17/h5-6,13,16-17,19H,7-12,14-15H2,1-4H3;3-4,10,13,15,26H,5-9,11-12H2,1-2H3;1-2,7,11,16,20H,3-6,8-9H2/t19-;15-;11-/m110/s1. The molecule has 0 radical (unpaired) electrons. The second-order valence-corrected chi connectivity index (χ2v) is 22.1. The van der Waals surface area contributed by atoms with E-state index in [1.165, 1.54) is 32.9 Å². The van der Waals surface area contributed by atoms with E-state index in [1.807, 2.05) is 61.7 Å². The number of nitrogens with one attached hydrogen (secondary N) is 1. The Hall–Kier alpha value is -7.17. The van der Waals surface area contributed by atoms with Gasteiger partial charge in [-0.25, -0.2) is 42.9 Å². The van der Waals surface area contributed by atoms with E-state index < -0.39 is 60.1 Å². The Balaban J connectivity index is 0.000000185. The van der Waals surface area contributed by atoms with Gasteiger partial charge in [-0.3, -0.25) is 29.5 Å². The molecule has 0 saturated carbocycles. The first-order valence-corrected chi connectivity index (χ1v) is 28.4. The average Bonchev–Trinajstić information content (AvgIpc) is 4.01. The lowest BCUT2D eigenvalue weighted by Crippen LogP contribution is -2.41. The van der Waals surface area contributed by atoms with Gasteiger partial charge in [0, 0.05) is 52.1 Å². The molecule has 9 rings (SSSR count). The average molecular weight is 1190 g/mol. The zero-order valence-electron chi connectivity index (χ0n) is 48.4. The predicted molar refractivity (Wildman–Crippen MR) is 301 cm³/mol. The lowest BCUT2D eigenvalue weighted by atomic mass is 10.1. The number of morpholine rings is 3. The van der Waals surface area contributed by atoms with Crippen LogP contribution in [0.4, 0.5) is 61.7 Å². The highest BCUT2D eigenvalue weighted by molar-refractivity contribution is 5.92. The molecule has 0 unspecified atom stereocenters. The molecule has 6 saturated heterocycles. The van der Waals surface area contributed by atoms with Crippen molar-refractivity contribution in [3.8, 4) is 0 Å². The first kappa shape index (κ1) is 64.4. The first-order chi connectivity index (χ1) is 40.2. The quantitative estimate of drug-likeness (QED) is 0.0691. The number of hydrogen-bond donors (Lipinski definition) is 3. The molecule has 6 aliphatic rings. The fourth-order valence-corrected chi connectivity index (χ4v) is 9.84. The molecule has 27 heteroatoms.